The lowest BCUT2D eigenvalue weighted by molar-refractivity contribution is -0.142. The number of carbonyl (C=O) groups is 1. The van der Waals surface area contributed by atoms with Crippen molar-refractivity contribution in [2.75, 3.05) is 39.3 Å². The standard InChI is InChI=1S/C22H29N5O2/c1-2-23-22(25-16-19-18-7-4-3-6-17(18)9-10-24-19)27-13-11-26(12-14-27)21(28)20-8-5-15-29-20/h3-4,6-7,9-10,20H,2,5,8,11-16H2,1H3,(H,23,25). The molecular weight excluding hydrogens is 366 g/mol. The van der Waals surface area contributed by atoms with E-state index in [0.717, 1.165) is 49.5 Å². The number of piperazine rings is 1. The van der Waals surface area contributed by atoms with E-state index in [0.29, 0.717) is 26.2 Å². The Kier molecular flexibility index (Phi) is 6.24. The molecule has 0 bridgehead atoms. The van der Waals surface area contributed by atoms with E-state index in [4.69, 9.17) is 9.73 Å². The number of nitrogens with zero attached hydrogens (tertiary/aromatic N) is 4. The Morgan fingerprint density at radius 2 is 2.00 bits per heavy atom. The van der Waals surface area contributed by atoms with Crippen molar-refractivity contribution in [1.29, 1.82) is 0 Å². The van der Waals surface area contributed by atoms with Crippen molar-refractivity contribution in [3.05, 3.63) is 42.2 Å². The van der Waals surface area contributed by atoms with Gasteiger partial charge in [0.25, 0.3) is 5.91 Å². The third-order valence-corrected chi connectivity index (χ3v) is 5.57. The molecule has 1 amide bonds. The lowest BCUT2D eigenvalue weighted by Gasteiger charge is -2.37. The van der Waals surface area contributed by atoms with E-state index < -0.39 is 0 Å². The number of hydrogen-bond donors (Lipinski definition) is 1. The number of carbonyl (C=O) groups excluding carboxylic acids is 1. The second-order valence-electron chi connectivity index (χ2n) is 7.46. The summed E-state index contributed by atoms with van der Waals surface area (Å²) in [4.78, 5) is 26.1. The molecule has 2 aromatic rings. The molecule has 7 nitrogen and oxygen atoms in total. The number of nitrogens with one attached hydrogen (secondary N) is 1. The van der Waals surface area contributed by atoms with Gasteiger partial charge in [0.05, 0.1) is 12.2 Å². The van der Waals surface area contributed by atoms with Gasteiger partial charge in [-0.1, -0.05) is 24.3 Å². The number of rotatable bonds is 4. The monoisotopic (exact) mass is 395 g/mol. The molecule has 2 fully saturated rings. The molecule has 7 heteroatoms. The number of aliphatic imine (C=N–C) groups is 1. The SMILES string of the molecule is CCNC(=NCc1nccc2ccccc12)N1CCN(C(=O)C2CCCO2)CC1. The number of ether oxygens (including phenoxy) is 1. The number of benzene rings is 1. The Balaban J connectivity index is 1.42. The average Bonchev–Trinajstić information content (AvgIpc) is 3.31. The van der Waals surface area contributed by atoms with Crippen LogP contribution in [0.5, 0.6) is 0 Å². The van der Waals surface area contributed by atoms with Gasteiger partial charge in [-0.3, -0.25) is 9.78 Å². The molecule has 154 valence electrons. The zero-order valence-electron chi connectivity index (χ0n) is 17.0. The summed E-state index contributed by atoms with van der Waals surface area (Å²) in [5.41, 5.74) is 0.977. The van der Waals surface area contributed by atoms with Gasteiger partial charge in [0.2, 0.25) is 0 Å². The number of hydrogen-bond acceptors (Lipinski definition) is 4. The predicted octanol–water partition coefficient (Wildman–Crippen LogP) is 2.02. The third-order valence-electron chi connectivity index (χ3n) is 5.57. The van der Waals surface area contributed by atoms with Gasteiger partial charge in [-0.25, -0.2) is 4.99 Å². The molecule has 0 spiro atoms. The second-order valence-corrected chi connectivity index (χ2v) is 7.46. The van der Waals surface area contributed by atoms with Crippen LogP contribution in [0.4, 0.5) is 0 Å². The van der Waals surface area contributed by atoms with Crippen molar-refractivity contribution in [2.45, 2.75) is 32.4 Å². The van der Waals surface area contributed by atoms with Crippen LogP contribution in [0.3, 0.4) is 0 Å². The van der Waals surface area contributed by atoms with Crippen molar-refractivity contribution in [2.24, 2.45) is 4.99 Å². The fourth-order valence-corrected chi connectivity index (χ4v) is 4.00. The average molecular weight is 396 g/mol. The third kappa shape index (κ3) is 4.50. The minimum absolute atomic E-state index is 0.143. The van der Waals surface area contributed by atoms with Crippen LogP contribution < -0.4 is 5.32 Å². The first-order chi connectivity index (χ1) is 14.3. The fraction of sp³-hybridized carbons (Fsp3) is 0.500. The van der Waals surface area contributed by atoms with Crippen LogP contribution >= 0.6 is 0 Å². The number of amides is 1. The van der Waals surface area contributed by atoms with E-state index in [9.17, 15) is 4.79 Å². The first kappa shape index (κ1) is 19.6. The number of aromatic nitrogens is 1. The molecule has 0 radical (unpaired) electrons. The summed E-state index contributed by atoms with van der Waals surface area (Å²) in [5, 5.41) is 5.71. The summed E-state index contributed by atoms with van der Waals surface area (Å²) >= 11 is 0. The van der Waals surface area contributed by atoms with Gasteiger partial charge in [-0.15, -0.1) is 0 Å². The summed E-state index contributed by atoms with van der Waals surface area (Å²) in [7, 11) is 0. The summed E-state index contributed by atoms with van der Waals surface area (Å²) in [5.74, 6) is 1.02. The normalized spacial score (nSPS) is 20.3. The lowest BCUT2D eigenvalue weighted by atomic mass is 10.1. The van der Waals surface area contributed by atoms with E-state index in [-0.39, 0.29) is 12.0 Å². The topological polar surface area (TPSA) is 70.1 Å². The van der Waals surface area contributed by atoms with Crippen molar-refractivity contribution in [1.82, 2.24) is 20.1 Å². The maximum absolute atomic E-state index is 12.6. The van der Waals surface area contributed by atoms with E-state index in [1.165, 1.54) is 5.39 Å². The predicted molar refractivity (Wildman–Crippen MR) is 114 cm³/mol. The zero-order chi connectivity index (χ0) is 20.1. The smallest absolute Gasteiger partial charge is 0.251 e. The van der Waals surface area contributed by atoms with Crippen LogP contribution in [-0.4, -0.2) is 72.1 Å². The van der Waals surface area contributed by atoms with E-state index in [2.05, 4.69) is 34.3 Å². The highest BCUT2D eigenvalue weighted by atomic mass is 16.5. The van der Waals surface area contributed by atoms with Crippen LogP contribution in [0.1, 0.15) is 25.5 Å². The van der Waals surface area contributed by atoms with E-state index in [1.807, 2.05) is 29.3 Å². The molecule has 0 aliphatic carbocycles. The molecule has 1 N–H and O–H groups in total. The maximum atomic E-state index is 12.6. The second kappa shape index (κ2) is 9.22. The summed E-state index contributed by atoms with van der Waals surface area (Å²) in [6.45, 7) is 7.06. The van der Waals surface area contributed by atoms with Gasteiger partial charge in [-0.05, 0) is 31.2 Å². The van der Waals surface area contributed by atoms with E-state index in [1.54, 1.807) is 0 Å². The van der Waals surface area contributed by atoms with Crippen molar-refractivity contribution in [3.8, 4) is 0 Å². The van der Waals surface area contributed by atoms with Gasteiger partial charge in [0.1, 0.15) is 6.10 Å². The Morgan fingerprint density at radius 3 is 2.76 bits per heavy atom. The summed E-state index contributed by atoms with van der Waals surface area (Å²) in [6.07, 6.45) is 3.44. The largest absolute Gasteiger partial charge is 0.368 e. The Hall–Kier alpha value is -2.67. The van der Waals surface area contributed by atoms with Crippen molar-refractivity contribution < 1.29 is 9.53 Å². The first-order valence-electron chi connectivity index (χ1n) is 10.5. The lowest BCUT2D eigenvalue weighted by Crippen LogP contribution is -2.55. The highest BCUT2D eigenvalue weighted by molar-refractivity contribution is 5.85. The highest BCUT2D eigenvalue weighted by Gasteiger charge is 2.30. The fourth-order valence-electron chi connectivity index (χ4n) is 4.00. The Bertz CT molecular complexity index is 865. The van der Waals surface area contributed by atoms with Crippen molar-refractivity contribution >= 4 is 22.6 Å². The summed E-state index contributed by atoms with van der Waals surface area (Å²) < 4.78 is 5.56. The van der Waals surface area contributed by atoms with Gasteiger partial charge < -0.3 is 19.9 Å². The summed E-state index contributed by atoms with van der Waals surface area (Å²) in [6, 6.07) is 10.3. The van der Waals surface area contributed by atoms with Gasteiger partial charge in [0, 0.05) is 50.9 Å². The number of fused-ring (bicyclic) bond motifs is 1. The van der Waals surface area contributed by atoms with Crippen LogP contribution in [0, 0.1) is 0 Å². The molecule has 1 aromatic carbocycles. The van der Waals surface area contributed by atoms with E-state index >= 15 is 0 Å². The first-order valence-corrected chi connectivity index (χ1v) is 10.5. The Labute approximate surface area is 171 Å². The number of pyridine rings is 1. The molecule has 1 unspecified atom stereocenters. The molecule has 3 heterocycles. The van der Waals surface area contributed by atoms with Crippen LogP contribution in [0.15, 0.2) is 41.5 Å². The quantitative estimate of drug-likeness (QED) is 0.634. The van der Waals surface area contributed by atoms with Crippen LogP contribution in [0.25, 0.3) is 10.8 Å². The minimum atomic E-state index is -0.235. The molecule has 29 heavy (non-hydrogen) atoms. The molecular formula is C22H29N5O2. The maximum Gasteiger partial charge on any atom is 0.251 e. The Morgan fingerprint density at radius 1 is 1.21 bits per heavy atom. The zero-order valence-corrected chi connectivity index (χ0v) is 17.0. The molecule has 1 aromatic heterocycles. The van der Waals surface area contributed by atoms with Crippen molar-refractivity contribution in [3.63, 3.8) is 0 Å². The highest BCUT2D eigenvalue weighted by Crippen LogP contribution is 2.18. The minimum Gasteiger partial charge on any atom is -0.368 e. The van der Waals surface area contributed by atoms with Gasteiger partial charge in [-0.2, -0.15) is 0 Å². The molecule has 2 aliphatic rings. The molecule has 0 saturated carbocycles. The van der Waals surface area contributed by atoms with Crippen LogP contribution in [0.2, 0.25) is 0 Å². The van der Waals surface area contributed by atoms with Gasteiger partial charge in [0.15, 0.2) is 5.96 Å². The molecule has 4 rings (SSSR count). The van der Waals surface area contributed by atoms with Gasteiger partial charge >= 0.3 is 0 Å². The molecule has 1 atom stereocenters. The number of guanidine groups is 1. The molecule has 2 saturated heterocycles. The van der Waals surface area contributed by atoms with Crippen LogP contribution in [-0.2, 0) is 16.1 Å². The molecule has 2 aliphatic heterocycles.